The van der Waals surface area contributed by atoms with Crippen molar-refractivity contribution in [3.8, 4) is 5.75 Å². The van der Waals surface area contributed by atoms with Gasteiger partial charge in [-0.05, 0) is 26.2 Å². The highest BCUT2D eigenvalue weighted by Gasteiger charge is 2.17. The van der Waals surface area contributed by atoms with Crippen molar-refractivity contribution in [2.24, 2.45) is 0 Å². The molecule has 0 bridgehead atoms. The number of pyridine rings is 1. The molecule has 0 fully saturated rings. The Labute approximate surface area is 122 Å². The summed E-state index contributed by atoms with van der Waals surface area (Å²) in [5.74, 6) is -0.634. The molecular formula is C15H18N2O4. The third-order valence-electron chi connectivity index (χ3n) is 3.30. The SMILES string of the molecule is COc1cccc2c(=O)cc(C(=O)O)n(CCN(C)C)c12. The Bertz CT molecular complexity index is 734. The van der Waals surface area contributed by atoms with Gasteiger partial charge in [-0.25, -0.2) is 4.79 Å². The van der Waals surface area contributed by atoms with Crippen LogP contribution in [0.15, 0.2) is 29.1 Å². The molecule has 1 N–H and O–H groups in total. The van der Waals surface area contributed by atoms with Gasteiger partial charge in [0.05, 0.1) is 12.6 Å². The predicted octanol–water partition coefficient (Wildman–Crippen LogP) is 1.27. The Morgan fingerprint density at radius 2 is 2.10 bits per heavy atom. The minimum absolute atomic E-state index is 0.0288. The number of carboxylic acid groups (broad SMARTS) is 1. The van der Waals surface area contributed by atoms with Crippen LogP contribution in [-0.2, 0) is 6.54 Å². The number of rotatable bonds is 5. The van der Waals surface area contributed by atoms with Crippen LogP contribution in [0.25, 0.3) is 10.9 Å². The van der Waals surface area contributed by atoms with Crippen molar-refractivity contribution in [3.63, 3.8) is 0 Å². The standard InChI is InChI=1S/C15H18N2O4/c1-16(2)7-8-17-11(15(19)20)9-12(18)10-5-4-6-13(21-3)14(10)17/h4-6,9H,7-8H2,1-3H3,(H,19,20). The molecule has 0 amide bonds. The van der Waals surface area contributed by atoms with Crippen molar-refractivity contribution in [2.75, 3.05) is 27.7 Å². The Hall–Kier alpha value is -2.34. The molecule has 0 radical (unpaired) electrons. The first-order valence-electron chi connectivity index (χ1n) is 6.54. The average molecular weight is 290 g/mol. The molecule has 0 atom stereocenters. The number of fused-ring (bicyclic) bond motifs is 1. The van der Waals surface area contributed by atoms with Crippen molar-refractivity contribution in [1.29, 1.82) is 0 Å². The van der Waals surface area contributed by atoms with Gasteiger partial charge in [0.2, 0.25) is 0 Å². The van der Waals surface area contributed by atoms with E-state index in [2.05, 4.69) is 0 Å². The number of aromatic carboxylic acids is 1. The highest BCUT2D eigenvalue weighted by molar-refractivity contribution is 5.92. The van der Waals surface area contributed by atoms with Crippen molar-refractivity contribution in [3.05, 3.63) is 40.2 Å². The van der Waals surface area contributed by atoms with Gasteiger partial charge in [0.15, 0.2) is 5.43 Å². The second-order valence-electron chi connectivity index (χ2n) is 5.01. The van der Waals surface area contributed by atoms with Crippen molar-refractivity contribution in [2.45, 2.75) is 6.54 Å². The minimum atomic E-state index is -1.13. The van der Waals surface area contributed by atoms with Gasteiger partial charge in [0, 0.05) is 24.5 Å². The van der Waals surface area contributed by atoms with Crippen molar-refractivity contribution < 1.29 is 14.6 Å². The summed E-state index contributed by atoms with van der Waals surface area (Å²) in [5.41, 5.74) is 0.174. The lowest BCUT2D eigenvalue weighted by Gasteiger charge is -2.18. The molecule has 1 aromatic heterocycles. The van der Waals surface area contributed by atoms with Gasteiger partial charge in [0.1, 0.15) is 11.4 Å². The molecule has 1 aromatic carbocycles. The monoisotopic (exact) mass is 290 g/mol. The molecule has 6 nitrogen and oxygen atoms in total. The third kappa shape index (κ3) is 2.90. The summed E-state index contributed by atoms with van der Waals surface area (Å²) in [6, 6.07) is 6.29. The fourth-order valence-electron chi connectivity index (χ4n) is 2.27. The Kier molecular flexibility index (Phi) is 4.28. The Balaban J connectivity index is 2.80. The number of carbonyl (C=O) groups is 1. The van der Waals surface area contributed by atoms with Crippen LogP contribution in [0.2, 0.25) is 0 Å². The number of aromatic nitrogens is 1. The van der Waals surface area contributed by atoms with Gasteiger partial charge in [0.25, 0.3) is 0 Å². The second-order valence-corrected chi connectivity index (χ2v) is 5.01. The number of para-hydroxylation sites is 1. The summed E-state index contributed by atoms with van der Waals surface area (Å²) in [4.78, 5) is 25.5. The largest absolute Gasteiger partial charge is 0.495 e. The van der Waals surface area contributed by atoms with Crippen molar-refractivity contribution in [1.82, 2.24) is 9.47 Å². The number of carboxylic acids is 1. The quantitative estimate of drug-likeness (QED) is 0.898. The van der Waals surface area contributed by atoms with Crippen LogP contribution in [0.1, 0.15) is 10.5 Å². The first kappa shape index (κ1) is 15.1. The molecule has 0 aliphatic carbocycles. The lowest BCUT2D eigenvalue weighted by atomic mass is 10.1. The zero-order valence-corrected chi connectivity index (χ0v) is 12.3. The molecule has 0 aliphatic heterocycles. The minimum Gasteiger partial charge on any atom is -0.495 e. The van der Waals surface area contributed by atoms with Crippen LogP contribution in [0.5, 0.6) is 5.75 Å². The highest BCUT2D eigenvalue weighted by atomic mass is 16.5. The van der Waals surface area contributed by atoms with Gasteiger partial charge in [-0.15, -0.1) is 0 Å². The van der Waals surface area contributed by atoms with E-state index in [9.17, 15) is 14.7 Å². The maximum atomic E-state index is 12.1. The predicted molar refractivity (Wildman–Crippen MR) is 80.3 cm³/mol. The summed E-state index contributed by atoms with van der Waals surface area (Å²) < 4.78 is 6.92. The van der Waals surface area contributed by atoms with Crippen LogP contribution in [-0.4, -0.2) is 48.3 Å². The van der Waals surface area contributed by atoms with E-state index in [0.717, 1.165) is 0 Å². The highest BCUT2D eigenvalue weighted by Crippen LogP contribution is 2.24. The first-order chi connectivity index (χ1) is 9.95. The molecule has 0 saturated carbocycles. The van der Waals surface area contributed by atoms with E-state index in [0.29, 0.717) is 29.7 Å². The molecule has 21 heavy (non-hydrogen) atoms. The number of benzene rings is 1. The van der Waals surface area contributed by atoms with Gasteiger partial charge in [-0.2, -0.15) is 0 Å². The number of likely N-dealkylation sites (N-methyl/N-ethyl adjacent to an activating group) is 1. The van der Waals surface area contributed by atoms with Crippen LogP contribution in [0.4, 0.5) is 0 Å². The Morgan fingerprint density at radius 1 is 1.38 bits per heavy atom. The number of nitrogens with zero attached hydrogens (tertiary/aromatic N) is 2. The molecule has 0 unspecified atom stereocenters. The zero-order chi connectivity index (χ0) is 15.6. The number of hydrogen-bond acceptors (Lipinski definition) is 4. The lowest BCUT2D eigenvalue weighted by Crippen LogP contribution is -2.24. The average Bonchev–Trinajstić information content (AvgIpc) is 2.45. The number of methoxy groups -OCH3 is 1. The van der Waals surface area contributed by atoms with Gasteiger partial charge < -0.3 is 19.3 Å². The van der Waals surface area contributed by atoms with E-state index >= 15 is 0 Å². The number of ether oxygens (including phenoxy) is 1. The summed E-state index contributed by atoms with van der Waals surface area (Å²) >= 11 is 0. The van der Waals surface area contributed by atoms with E-state index in [1.807, 2.05) is 19.0 Å². The van der Waals surface area contributed by atoms with Gasteiger partial charge >= 0.3 is 5.97 Å². The molecule has 0 saturated heterocycles. The van der Waals surface area contributed by atoms with Gasteiger partial charge in [-0.3, -0.25) is 4.79 Å². The maximum absolute atomic E-state index is 12.1. The summed E-state index contributed by atoms with van der Waals surface area (Å²) in [6.07, 6.45) is 0. The number of hydrogen-bond donors (Lipinski definition) is 1. The molecular weight excluding hydrogens is 272 g/mol. The molecule has 6 heteroatoms. The molecule has 112 valence electrons. The van der Waals surface area contributed by atoms with Crippen LogP contribution in [0, 0.1) is 0 Å². The first-order valence-corrected chi connectivity index (χ1v) is 6.54. The summed E-state index contributed by atoms with van der Waals surface area (Å²) in [5, 5.41) is 9.82. The van der Waals surface area contributed by atoms with Crippen LogP contribution >= 0.6 is 0 Å². The lowest BCUT2D eigenvalue weighted by molar-refractivity contribution is 0.0684. The van der Waals surface area contributed by atoms with Crippen LogP contribution in [0.3, 0.4) is 0 Å². The van der Waals surface area contributed by atoms with E-state index in [-0.39, 0.29) is 11.1 Å². The van der Waals surface area contributed by atoms with Crippen LogP contribution < -0.4 is 10.2 Å². The van der Waals surface area contributed by atoms with E-state index in [1.165, 1.54) is 13.2 Å². The summed E-state index contributed by atoms with van der Waals surface area (Å²) in [7, 11) is 5.31. The fourth-order valence-corrected chi connectivity index (χ4v) is 2.27. The van der Waals surface area contributed by atoms with E-state index in [4.69, 9.17) is 4.74 Å². The molecule has 1 heterocycles. The van der Waals surface area contributed by atoms with E-state index < -0.39 is 5.97 Å². The normalized spacial score (nSPS) is 11.0. The van der Waals surface area contributed by atoms with Crippen molar-refractivity contribution >= 4 is 16.9 Å². The molecule has 2 rings (SSSR count). The third-order valence-corrected chi connectivity index (χ3v) is 3.30. The van der Waals surface area contributed by atoms with E-state index in [1.54, 1.807) is 22.8 Å². The Morgan fingerprint density at radius 3 is 2.67 bits per heavy atom. The maximum Gasteiger partial charge on any atom is 0.352 e. The second kappa shape index (κ2) is 5.97. The zero-order valence-electron chi connectivity index (χ0n) is 12.3. The molecule has 0 spiro atoms. The molecule has 2 aromatic rings. The van der Waals surface area contributed by atoms with Gasteiger partial charge in [-0.1, -0.05) is 6.07 Å². The smallest absolute Gasteiger partial charge is 0.352 e. The topological polar surface area (TPSA) is 71.8 Å². The molecule has 0 aliphatic rings. The fraction of sp³-hybridized carbons (Fsp3) is 0.333. The summed E-state index contributed by atoms with van der Waals surface area (Å²) in [6.45, 7) is 1.10.